The van der Waals surface area contributed by atoms with Crippen molar-refractivity contribution in [1.29, 1.82) is 0 Å². The molecule has 0 atom stereocenters. The standard InChI is InChI=1S/C17H20N2O/c20-17(18-13-11-15-7-3-1-4-8-15)19-14-12-16-9-5-2-6-10-16/h1-10H,11-14H2,(H2,18,19,20)/i17-1. The Morgan fingerprint density at radius 2 is 1.10 bits per heavy atom. The molecule has 2 aromatic carbocycles. The molecule has 0 heterocycles. The molecule has 0 unspecified atom stereocenters. The highest BCUT2D eigenvalue weighted by molar-refractivity contribution is 5.73. The van der Waals surface area contributed by atoms with Gasteiger partial charge in [0.05, 0.1) is 0 Å². The van der Waals surface area contributed by atoms with E-state index in [0.717, 1.165) is 12.8 Å². The number of carbonyl (C=O) groups is 1. The molecular formula is C17H20N2O. The smallest absolute Gasteiger partial charge is 0.314 e. The molecule has 0 aliphatic carbocycles. The minimum atomic E-state index is -0.100. The zero-order valence-electron chi connectivity index (χ0n) is 11.5. The molecule has 104 valence electrons. The molecule has 20 heavy (non-hydrogen) atoms. The summed E-state index contributed by atoms with van der Waals surface area (Å²) in [4.78, 5) is 11.6. The third kappa shape index (κ3) is 5.14. The second-order valence-electron chi connectivity index (χ2n) is 4.65. The number of hydrogen-bond acceptors (Lipinski definition) is 1. The second kappa shape index (κ2) is 8.00. The number of benzene rings is 2. The zero-order valence-corrected chi connectivity index (χ0v) is 11.5. The molecule has 0 saturated heterocycles. The molecule has 2 aromatic rings. The van der Waals surface area contributed by atoms with Crippen LogP contribution < -0.4 is 10.6 Å². The van der Waals surface area contributed by atoms with Gasteiger partial charge in [-0.25, -0.2) is 4.79 Å². The first-order valence-electron chi connectivity index (χ1n) is 6.94. The van der Waals surface area contributed by atoms with E-state index in [0.29, 0.717) is 13.1 Å². The van der Waals surface area contributed by atoms with Crippen molar-refractivity contribution >= 4 is 6.03 Å². The van der Waals surface area contributed by atoms with Crippen molar-refractivity contribution in [3.05, 3.63) is 71.8 Å². The van der Waals surface area contributed by atoms with Crippen LogP contribution in [0.25, 0.3) is 0 Å². The summed E-state index contributed by atoms with van der Waals surface area (Å²) in [6.07, 6.45) is 1.71. The van der Waals surface area contributed by atoms with E-state index in [1.165, 1.54) is 11.1 Å². The van der Waals surface area contributed by atoms with Crippen molar-refractivity contribution < 1.29 is 4.79 Å². The molecule has 0 radical (unpaired) electrons. The molecule has 0 aliphatic rings. The van der Waals surface area contributed by atoms with Gasteiger partial charge in [0.2, 0.25) is 0 Å². The number of rotatable bonds is 6. The zero-order chi connectivity index (χ0) is 14.0. The van der Waals surface area contributed by atoms with Crippen LogP contribution in [0.2, 0.25) is 0 Å². The van der Waals surface area contributed by atoms with Gasteiger partial charge in [0.25, 0.3) is 0 Å². The van der Waals surface area contributed by atoms with Crippen LogP contribution in [0.3, 0.4) is 0 Å². The first kappa shape index (κ1) is 14.1. The van der Waals surface area contributed by atoms with Crippen molar-refractivity contribution in [2.24, 2.45) is 0 Å². The summed E-state index contributed by atoms with van der Waals surface area (Å²) < 4.78 is 0. The number of carbonyl (C=O) groups excluding carboxylic acids is 1. The quantitative estimate of drug-likeness (QED) is 0.830. The number of nitrogens with one attached hydrogen (secondary N) is 2. The lowest BCUT2D eigenvalue weighted by molar-refractivity contribution is 0.241. The van der Waals surface area contributed by atoms with Crippen molar-refractivity contribution in [2.75, 3.05) is 13.1 Å². The van der Waals surface area contributed by atoms with Gasteiger partial charge < -0.3 is 10.6 Å². The lowest BCUT2D eigenvalue weighted by Gasteiger charge is -2.07. The number of amides is 2. The predicted molar refractivity (Wildman–Crippen MR) is 81.7 cm³/mol. The lowest BCUT2D eigenvalue weighted by Crippen LogP contribution is -2.37. The fraction of sp³-hybridized carbons (Fsp3) is 0.235. The van der Waals surface area contributed by atoms with Gasteiger partial charge in [-0.05, 0) is 24.0 Å². The van der Waals surface area contributed by atoms with E-state index < -0.39 is 0 Å². The normalized spacial score (nSPS) is 10.0. The van der Waals surface area contributed by atoms with Gasteiger partial charge in [-0.2, -0.15) is 0 Å². The molecule has 0 spiro atoms. The average molecular weight is 267 g/mol. The third-order valence-corrected chi connectivity index (χ3v) is 3.08. The predicted octanol–water partition coefficient (Wildman–Crippen LogP) is 2.77. The van der Waals surface area contributed by atoms with Gasteiger partial charge in [-0.1, -0.05) is 60.7 Å². The van der Waals surface area contributed by atoms with Gasteiger partial charge in [0.15, 0.2) is 0 Å². The summed E-state index contributed by atoms with van der Waals surface area (Å²) in [6, 6.07) is 20.2. The Hall–Kier alpha value is -2.29. The van der Waals surface area contributed by atoms with Crippen LogP contribution in [0, 0.1) is 0 Å². The van der Waals surface area contributed by atoms with Crippen LogP contribution in [0.1, 0.15) is 11.1 Å². The maximum atomic E-state index is 11.6. The van der Waals surface area contributed by atoms with E-state index in [1.54, 1.807) is 0 Å². The van der Waals surface area contributed by atoms with E-state index in [2.05, 4.69) is 34.9 Å². The SMILES string of the molecule is O=[11C](NCCc1ccccc1)NCCc1ccccc1. The van der Waals surface area contributed by atoms with Crippen molar-refractivity contribution in [3.8, 4) is 0 Å². The first-order chi connectivity index (χ1) is 9.84. The van der Waals surface area contributed by atoms with Crippen LogP contribution in [0.5, 0.6) is 0 Å². The highest BCUT2D eigenvalue weighted by atomic mass is 16.1. The molecule has 0 aliphatic heterocycles. The summed E-state index contributed by atoms with van der Waals surface area (Å²) in [5.74, 6) is 0. The van der Waals surface area contributed by atoms with Crippen LogP contribution in [0.4, 0.5) is 4.79 Å². The molecule has 2 rings (SSSR count). The van der Waals surface area contributed by atoms with Crippen LogP contribution in [0.15, 0.2) is 60.7 Å². The largest absolute Gasteiger partial charge is 0.338 e. The second-order valence-corrected chi connectivity index (χ2v) is 4.65. The molecule has 3 heteroatoms. The summed E-state index contributed by atoms with van der Waals surface area (Å²) in [7, 11) is 0. The van der Waals surface area contributed by atoms with Gasteiger partial charge in [-0.3, -0.25) is 0 Å². The Morgan fingerprint density at radius 3 is 1.50 bits per heavy atom. The van der Waals surface area contributed by atoms with Crippen LogP contribution >= 0.6 is 0 Å². The molecule has 0 aromatic heterocycles. The first-order valence-corrected chi connectivity index (χ1v) is 6.94. The molecular weight excluding hydrogens is 247 g/mol. The molecule has 2 N–H and O–H groups in total. The Kier molecular flexibility index (Phi) is 5.65. The summed E-state index contributed by atoms with van der Waals surface area (Å²) in [5.41, 5.74) is 2.47. The Balaban J connectivity index is 1.59. The fourth-order valence-electron chi connectivity index (χ4n) is 1.99. The maximum Gasteiger partial charge on any atom is 0.314 e. The van der Waals surface area contributed by atoms with Gasteiger partial charge in [-0.15, -0.1) is 0 Å². The monoisotopic (exact) mass is 267 g/mol. The van der Waals surface area contributed by atoms with Crippen molar-refractivity contribution in [2.45, 2.75) is 12.8 Å². The molecule has 0 bridgehead atoms. The molecule has 2 amide bonds. The minimum Gasteiger partial charge on any atom is -0.338 e. The van der Waals surface area contributed by atoms with Crippen molar-refractivity contribution in [1.82, 2.24) is 10.6 Å². The highest BCUT2D eigenvalue weighted by Crippen LogP contribution is 1.99. The van der Waals surface area contributed by atoms with E-state index in [4.69, 9.17) is 0 Å². The summed E-state index contributed by atoms with van der Waals surface area (Å²) >= 11 is 0. The Bertz CT molecular complexity index is 464. The summed E-state index contributed by atoms with van der Waals surface area (Å²) in [6.45, 7) is 1.31. The molecule has 3 nitrogen and oxygen atoms in total. The van der Waals surface area contributed by atoms with Gasteiger partial charge in [0.1, 0.15) is 0 Å². The average Bonchev–Trinajstić information content (AvgIpc) is 2.49. The van der Waals surface area contributed by atoms with E-state index in [9.17, 15) is 4.79 Å². The molecule has 0 fully saturated rings. The highest BCUT2D eigenvalue weighted by Gasteiger charge is 1.99. The van der Waals surface area contributed by atoms with Crippen molar-refractivity contribution in [3.63, 3.8) is 0 Å². The fourth-order valence-corrected chi connectivity index (χ4v) is 1.99. The lowest BCUT2D eigenvalue weighted by atomic mass is 10.1. The topological polar surface area (TPSA) is 41.1 Å². The Morgan fingerprint density at radius 1 is 0.700 bits per heavy atom. The van der Waals surface area contributed by atoms with E-state index in [-0.39, 0.29) is 6.03 Å². The van der Waals surface area contributed by atoms with Crippen LogP contribution in [-0.4, -0.2) is 19.1 Å². The van der Waals surface area contributed by atoms with Gasteiger partial charge in [0, 0.05) is 13.1 Å². The number of hydrogen-bond donors (Lipinski definition) is 2. The van der Waals surface area contributed by atoms with Crippen LogP contribution in [-0.2, 0) is 12.8 Å². The summed E-state index contributed by atoms with van der Waals surface area (Å²) in [5, 5.41) is 5.73. The Labute approximate surface area is 120 Å². The van der Waals surface area contributed by atoms with E-state index in [1.807, 2.05) is 36.4 Å². The van der Waals surface area contributed by atoms with Gasteiger partial charge >= 0.3 is 6.03 Å². The minimum absolute atomic E-state index is 0.100. The van der Waals surface area contributed by atoms with E-state index >= 15 is 0 Å². The molecule has 0 saturated carbocycles. The maximum absolute atomic E-state index is 11.6. The third-order valence-electron chi connectivity index (χ3n) is 3.08. The number of urea groups is 1.